The standard InChI is InChI=1S/C12H13BrO4/c13-9-5-4-7(6-8(9)12(15)16)17-11-3-1-2-10(11)14/h4-6,10-11,14H,1-3H2,(H,15,16). The van der Waals surface area contributed by atoms with E-state index >= 15 is 0 Å². The molecule has 0 spiro atoms. The molecular formula is C12H13BrO4. The van der Waals surface area contributed by atoms with E-state index in [1.165, 1.54) is 6.07 Å². The highest BCUT2D eigenvalue weighted by molar-refractivity contribution is 9.10. The second-order valence-electron chi connectivity index (χ2n) is 4.10. The fourth-order valence-electron chi connectivity index (χ4n) is 1.96. The molecule has 2 atom stereocenters. The van der Waals surface area contributed by atoms with Crippen LogP contribution >= 0.6 is 15.9 Å². The van der Waals surface area contributed by atoms with Crippen LogP contribution in [0.25, 0.3) is 0 Å². The van der Waals surface area contributed by atoms with E-state index in [-0.39, 0.29) is 11.7 Å². The molecule has 0 saturated heterocycles. The summed E-state index contributed by atoms with van der Waals surface area (Å²) < 4.78 is 6.12. The van der Waals surface area contributed by atoms with Crippen LogP contribution in [0.1, 0.15) is 29.6 Å². The maximum atomic E-state index is 10.9. The zero-order chi connectivity index (χ0) is 12.4. The van der Waals surface area contributed by atoms with E-state index < -0.39 is 12.1 Å². The zero-order valence-corrected chi connectivity index (χ0v) is 10.7. The van der Waals surface area contributed by atoms with Crippen LogP contribution in [-0.4, -0.2) is 28.4 Å². The predicted octanol–water partition coefficient (Wildman–Crippen LogP) is 2.44. The van der Waals surface area contributed by atoms with Crippen molar-refractivity contribution in [2.24, 2.45) is 0 Å². The van der Waals surface area contributed by atoms with Gasteiger partial charge in [0.1, 0.15) is 11.9 Å². The van der Waals surface area contributed by atoms with Gasteiger partial charge in [0.25, 0.3) is 0 Å². The number of carbonyl (C=O) groups is 1. The first-order valence-corrected chi connectivity index (χ1v) is 6.25. The molecule has 0 heterocycles. The first-order valence-electron chi connectivity index (χ1n) is 5.45. The smallest absolute Gasteiger partial charge is 0.336 e. The maximum absolute atomic E-state index is 10.9. The second kappa shape index (κ2) is 5.06. The Morgan fingerprint density at radius 2 is 2.18 bits per heavy atom. The van der Waals surface area contributed by atoms with Crippen LogP contribution in [-0.2, 0) is 0 Å². The van der Waals surface area contributed by atoms with Crippen LogP contribution in [0.3, 0.4) is 0 Å². The van der Waals surface area contributed by atoms with E-state index in [9.17, 15) is 9.90 Å². The Morgan fingerprint density at radius 1 is 1.41 bits per heavy atom. The van der Waals surface area contributed by atoms with Crippen molar-refractivity contribution in [1.29, 1.82) is 0 Å². The first-order chi connectivity index (χ1) is 8.08. The Morgan fingerprint density at radius 3 is 2.76 bits per heavy atom. The third-order valence-corrected chi connectivity index (χ3v) is 3.56. The van der Waals surface area contributed by atoms with Crippen molar-refractivity contribution in [3.8, 4) is 5.75 Å². The van der Waals surface area contributed by atoms with Crippen molar-refractivity contribution in [1.82, 2.24) is 0 Å². The van der Waals surface area contributed by atoms with Crippen molar-refractivity contribution >= 4 is 21.9 Å². The first kappa shape index (κ1) is 12.4. The van der Waals surface area contributed by atoms with Crippen LogP contribution in [0.2, 0.25) is 0 Å². The lowest BCUT2D eigenvalue weighted by molar-refractivity contribution is 0.0600. The van der Waals surface area contributed by atoms with E-state index in [1.54, 1.807) is 12.1 Å². The topological polar surface area (TPSA) is 66.8 Å². The summed E-state index contributed by atoms with van der Waals surface area (Å²) >= 11 is 3.17. The highest BCUT2D eigenvalue weighted by Crippen LogP contribution is 2.27. The van der Waals surface area contributed by atoms with Crippen molar-refractivity contribution in [3.05, 3.63) is 28.2 Å². The summed E-state index contributed by atoms with van der Waals surface area (Å²) in [6.45, 7) is 0. The molecule has 0 radical (unpaired) electrons. The summed E-state index contributed by atoms with van der Waals surface area (Å²) in [4.78, 5) is 10.9. The lowest BCUT2D eigenvalue weighted by Gasteiger charge is -2.17. The summed E-state index contributed by atoms with van der Waals surface area (Å²) in [7, 11) is 0. The molecule has 17 heavy (non-hydrogen) atoms. The Labute approximate surface area is 107 Å². The van der Waals surface area contributed by atoms with E-state index in [0.717, 1.165) is 19.3 Å². The molecular weight excluding hydrogens is 288 g/mol. The monoisotopic (exact) mass is 300 g/mol. The van der Waals surface area contributed by atoms with Gasteiger partial charge in [0.05, 0.1) is 11.7 Å². The zero-order valence-electron chi connectivity index (χ0n) is 9.10. The quantitative estimate of drug-likeness (QED) is 0.900. The number of aliphatic hydroxyl groups excluding tert-OH is 1. The molecule has 1 aromatic rings. The normalized spacial score (nSPS) is 23.6. The molecule has 2 rings (SSSR count). The van der Waals surface area contributed by atoms with Crippen molar-refractivity contribution in [2.45, 2.75) is 31.5 Å². The van der Waals surface area contributed by atoms with Gasteiger partial charge in [-0.15, -0.1) is 0 Å². The minimum Gasteiger partial charge on any atom is -0.488 e. The summed E-state index contributed by atoms with van der Waals surface area (Å²) in [6.07, 6.45) is 1.81. The van der Waals surface area contributed by atoms with Gasteiger partial charge in [-0.1, -0.05) is 0 Å². The minimum atomic E-state index is -1.01. The molecule has 1 aromatic carbocycles. The SMILES string of the molecule is O=C(O)c1cc(OC2CCCC2O)ccc1Br. The number of hydrogen-bond donors (Lipinski definition) is 2. The minimum absolute atomic E-state index is 0.162. The van der Waals surface area contributed by atoms with Gasteiger partial charge in [-0.3, -0.25) is 0 Å². The van der Waals surface area contributed by atoms with E-state index in [0.29, 0.717) is 10.2 Å². The number of aromatic carboxylic acids is 1. The fourth-order valence-corrected chi connectivity index (χ4v) is 2.38. The van der Waals surface area contributed by atoms with Gasteiger partial charge in [-0.25, -0.2) is 4.79 Å². The van der Waals surface area contributed by atoms with Crippen LogP contribution < -0.4 is 4.74 Å². The summed E-state index contributed by atoms with van der Waals surface area (Å²) in [5.74, 6) is -0.522. The third-order valence-electron chi connectivity index (χ3n) is 2.87. The lowest BCUT2D eigenvalue weighted by Crippen LogP contribution is -2.25. The van der Waals surface area contributed by atoms with E-state index in [1.807, 2.05) is 0 Å². The highest BCUT2D eigenvalue weighted by Gasteiger charge is 2.27. The number of carboxylic acid groups (broad SMARTS) is 1. The molecule has 0 bridgehead atoms. The second-order valence-corrected chi connectivity index (χ2v) is 4.96. The number of rotatable bonds is 3. The Balaban J connectivity index is 2.16. The highest BCUT2D eigenvalue weighted by atomic mass is 79.9. The largest absolute Gasteiger partial charge is 0.488 e. The lowest BCUT2D eigenvalue weighted by atomic mass is 10.2. The number of ether oxygens (including phenoxy) is 1. The third kappa shape index (κ3) is 2.79. The summed E-state index contributed by atoms with van der Waals surface area (Å²) in [5, 5.41) is 18.6. The molecule has 1 saturated carbocycles. The number of halogens is 1. The molecule has 2 unspecified atom stereocenters. The van der Waals surface area contributed by atoms with Crippen LogP contribution in [0.4, 0.5) is 0 Å². The molecule has 92 valence electrons. The van der Waals surface area contributed by atoms with Gasteiger partial charge in [-0.05, 0) is 53.4 Å². The number of benzene rings is 1. The number of carboxylic acids is 1. The molecule has 1 fully saturated rings. The Kier molecular flexibility index (Phi) is 3.69. The predicted molar refractivity (Wildman–Crippen MR) is 65.4 cm³/mol. The molecule has 2 N–H and O–H groups in total. The molecule has 1 aliphatic carbocycles. The van der Waals surface area contributed by atoms with E-state index in [4.69, 9.17) is 9.84 Å². The van der Waals surface area contributed by atoms with Gasteiger partial charge in [-0.2, -0.15) is 0 Å². The van der Waals surface area contributed by atoms with Gasteiger partial charge >= 0.3 is 5.97 Å². The Hall–Kier alpha value is -1.07. The van der Waals surface area contributed by atoms with Crippen LogP contribution in [0, 0.1) is 0 Å². The van der Waals surface area contributed by atoms with Gasteiger partial charge in [0, 0.05) is 4.47 Å². The van der Waals surface area contributed by atoms with Gasteiger partial charge in [0.2, 0.25) is 0 Å². The average molecular weight is 301 g/mol. The maximum Gasteiger partial charge on any atom is 0.336 e. The molecule has 0 aliphatic heterocycles. The summed E-state index contributed by atoms with van der Waals surface area (Å²) in [6, 6.07) is 4.80. The Bertz CT molecular complexity index is 433. The van der Waals surface area contributed by atoms with Gasteiger partial charge < -0.3 is 14.9 Å². The molecule has 5 heteroatoms. The molecule has 0 amide bonds. The van der Waals surface area contributed by atoms with Crippen molar-refractivity contribution in [3.63, 3.8) is 0 Å². The van der Waals surface area contributed by atoms with Gasteiger partial charge in [0.15, 0.2) is 0 Å². The summed E-state index contributed by atoms with van der Waals surface area (Å²) in [5.41, 5.74) is 0.162. The molecule has 4 nitrogen and oxygen atoms in total. The van der Waals surface area contributed by atoms with Crippen molar-refractivity contribution in [2.75, 3.05) is 0 Å². The average Bonchev–Trinajstić information content (AvgIpc) is 2.67. The number of aliphatic hydroxyl groups is 1. The molecule has 1 aliphatic rings. The van der Waals surface area contributed by atoms with Crippen LogP contribution in [0.5, 0.6) is 5.75 Å². The van der Waals surface area contributed by atoms with Crippen molar-refractivity contribution < 1.29 is 19.7 Å². The van der Waals surface area contributed by atoms with Crippen LogP contribution in [0.15, 0.2) is 22.7 Å². The van der Waals surface area contributed by atoms with E-state index in [2.05, 4.69) is 15.9 Å². The molecule has 0 aromatic heterocycles. The number of hydrogen-bond acceptors (Lipinski definition) is 3. The fraction of sp³-hybridized carbons (Fsp3) is 0.417.